The average Bonchev–Trinajstić information content (AvgIpc) is 2.79. The van der Waals surface area contributed by atoms with Gasteiger partial charge in [0.2, 0.25) is 5.88 Å². The van der Waals surface area contributed by atoms with Gasteiger partial charge in [0.25, 0.3) is 0 Å². The predicted octanol–water partition coefficient (Wildman–Crippen LogP) is 3.06. The topological polar surface area (TPSA) is 76.2 Å². The molecule has 0 aliphatic carbocycles. The smallest absolute Gasteiger partial charge is 0.325 e. The number of aliphatic hydroxyl groups is 1. The molecule has 0 amide bonds. The summed E-state index contributed by atoms with van der Waals surface area (Å²) in [6.07, 6.45) is 1.58. The lowest BCUT2D eigenvalue weighted by molar-refractivity contribution is -0.149. The Kier molecular flexibility index (Phi) is 7.33. The Balaban J connectivity index is 1.60. The summed E-state index contributed by atoms with van der Waals surface area (Å²) in [5.41, 5.74) is 1.49. The number of carbonyl (C=O) groups excluding carboxylic acids is 1. The van der Waals surface area contributed by atoms with Crippen molar-refractivity contribution >= 4 is 11.7 Å². The minimum atomic E-state index is -0.636. The van der Waals surface area contributed by atoms with Gasteiger partial charge >= 0.3 is 5.97 Å². The number of likely N-dealkylation sites (tertiary alicyclic amines) is 1. The van der Waals surface area contributed by atoms with E-state index < -0.39 is 17.8 Å². The van der Waals surface area contributed by atoms with E-state index in [1.807, 2.05) is 17.0 Å². The maximum Gasteiger partial charge on any atom is 0.325 e. The highest BCUT2D eigenvalue weighted by Gasteiger charge is 2.30. The number of piperidine rings is 1. The number of pyridine rings is 1. The van der Waals surface area contributed by atoms with Crippen LogP contribution >= 0.6 is 0 Å². The van der Waals surface area contributed by atoms with E-state index in [1.165, 1.54) is 13.2 Å². The van der Waals surface area contributed by atoms with E-state index in [0.717, 1.165) is 18.5 Å². The molecule has 8 heteroatoms. The molecule has 0 saturated carbocycles. The van der Waals surface area contributed by atoms with Gasteiger partial charge < -0.3 is 14.6 Å². The van der Waals surface area contributed by atoms with Crippen LogP contribution in [0.1, 0.15) is 30.0 Å². The Bertz CT molecular complexity index is 923. The van der Waals surface area contributed by atoms with Crippen molar-refractivity contribution in [1.29, 1.82) is 0 Å². The summed E-state index contributed by atoms with van der Waals surface area (Å²) in [4.78, 5) is 21.5. The second kappa shape index (κ2) is 10.1. The van der Waals surface area contributed by atoms with Crippen LogP contribution in [0.3, 0.4) is 0 Å². The predicted molar refractivity (Wildman–Crippen MR) is 108 cm³/mol. The number of hydrogen-bond acceptors (Lipinski definition) is 6. The molecule has 158 valence electrons. The summed E-state index contributed by atoms with van der Waals surface area (Å²) in [5, 5.41) is 9.49. The van der Waals surface area contributed by atoms with Crippen molar-refractivity contribution in [1.82, 2.24) is 9.88 Å². The number of hydrogen-bond donors (Lipinski definition) is 1. The molecule has 1 fully saturated rings. The molecule has 1 saturated heterocycles. The van der Waals surface area contributed by atoms with Crippen LogP contribution in [-0.2, 0) is 16.1 Å². The van der Waals surface area contributed by atoms with Crippen molar-refractivity contribution in [2.75, 3.05) is 26.8 Å². The summed E-state index contributed by atoms with van der Waals surface area (Å²) in [6, 6.07) is 9.17. The molecule has 1 unspecified atom stereocenters. The molecule has 7 nitrogen and oxygen atoms in total. The Hall–Kier alpha value is -3.02. The fourth-order valence-electron chi connectivity index (χ4n) is 3.60. The number of esters is 1. The first-order chi connectivity index (χ1) is 14.5. The number of rotatable bonds is 7. The van der Waals surface area contributed by atoms with Gasteiger partial charge in [0.05, 0.1) is 20.3 Å². The molecule has 1 aromatic heterocycles. The van der Waals surface area contributed by atoms with Crippen LogP contribution in [0.2, 0.25) is 0 Å². The normalized spacial score (nSPS) is 15.9. The van der Waals surface area contributed by atoms with E-state index in [9.17, 15) is 14.3 Å². The van der Waals surface area contributed by atoms with E-state index in [1.54, 1.807) is 18.2 Å². The van der Waals surface area contributed by atoms with E-state index in [0.29, 0.717) is 24.5 Å². The van der Waals surface area contributed by atoms with Gasteiger partial charge in [0, 0.05) is 23.2 Å². The molecule has 1 atom stereocenters. The maximum atomic E-state index is 14.0. The Morgan fingerprint density at radius 1 is 1.37 bits per heavy atom. The van der Waals surface area contributed by atoms with Gasteiger partial charge in [0.15, 0.2) is 5.69 Å². The molecule has 0 radical (unpaired) electrons. The lowest BCUT2D eigenvalue weighted by Crippen LogP contribution is -2.47. The number of benzene rings is 1. The van der Waals surface area contributed by atoms with Gasteiger partial charge in [-0.05, 0) is 38.1 Å². The number of halogens is 1. The highest BCUT2D eigenvalue weighted by molar-refractivity contribution is 5.75. The molecular weight excluding hydrogens is 389 g/mol. The van der Waals surface area contributed by atoms with Crippen LogP contribution in [0, 0.1) is 12.4 Å². The average molecular weight is 413 g/mol. The SMILES string of the molecule is [C-]#[N+]c1ccc(COc2cccc(C3CCN(C(CO)C(=O)OC)CC3)n2)c(F)c1. The zero-order valence-corrected chi connectivity index (χ0v) is 16.8. The second-order valence-electron chi connectivity index (χ2n) is 7.11. The van der Waals surface area contributed by atoms with E-state index in [-0.39, 0.29) is 24.8 Å². The quantitative estimate of drug-likeness (QED) is 0.555. The summed E-state index contributed by atoms with van der Waals surface area (Å²) >= 11 is 0. The number of methoxy groups -OCH3 is 1. The summed E-state index contributed by atoms with van der Waals surface area (Å²) in [7, 11) is 1.32. The molecule has 30 heavy (non-hydrogen) atoms. The Morgan fingerprint density at radius 2 is 2.13 bits per heavy atom. The van der Waals surface area contributed by atoms with Crippen LogP contribution in [0.25, 0.3) is 4.85 Å². The van der Waals surface area contributed by atoms with Gasteiger partial charge in [-0.2, -0.15) is 0 Å². The molecule has 2 aromatic rings. The van der Waals surface area contributed by atoms with Crippen molar-refractivity contribution in [2.45, 2.75) is 31.4 Å². The zero-order chi connectivity index (χ0) is 21.5. The highest BCUT2D eigenvalue weighted by atomic mass is 19.1. The molecule has 1 N–H and O–H groups in total. The van der Waals surface area contributed by atoms with E-state index in [4.69, 9.17) is 16.0 Å². The Morgan fingerprint density at radius 3 is 2.77 bits per heavy atom. The van der Waals surface area contributed by atoms with Crippen molar-refractivity contribution in [2.24, 2.45) is 0 Å². The third-order valence-corrected chi connectivity index (χ3v) is 5.32. The fraction of sp³-hybridized carbons (Fsp3) is 0.409. The molecule has 1 aromatic carbocycles. The first kappa shape index (κ1) is 21.7. The first-order valence-corrected chi connectivity index (χ1v) is 9.74. The molecule has 0 bridgehead atoms. The minimum absolute atomic E-state index is 0.0241. The maximum absolute atomic E-state index is 14.0. The van der Waals surface area contributed by atoms with Crippen molar-refractivity contribution in [3.05, 3.63) is 64.9 Å². The summed E-state index contributed by atoms with van der Waals surface area (Å²) < 4.78 is 24.4. The first-order valence-electron chi connectivity index (χ1n) is 9.74. The largest absolute Gasteiger partial charge is 0.473 e. The summed E-state index contributed by atoms with van der Waals surface area (Å²) in [6.45, 7) is 7.98. The van der Waals surface area contributed by atoms with Crippen LogP contribution in [0.4, 0.5) is 10.1 Å². The third-order valence-electron chi connectivity index (χ3n) is 5.32. The lowest BCUT2D eigenvalue weighted by atomic mass is 9.92. The van der Waals surface area contributed by atoms with Gasteiger partial charge in [0.1, 0.15) is 18.5 Å². The Labute approximate surface area is 174 Å². The number of nitrogens with zero attached hydrogens (tertiary/aromatic N) is 3. The van der Waals surface area contributed by atoms with Gasteiger partial charge in [-0.3, -0.25) is 9.69 Å². The molecule has 2 heterocycles. The number of ether oxygens (including phenoxy) is 2. The number of aliphatic hydroxyl groups excluding tert-OH is 1. The van der Waals surface area contributed by atoms with Crippen LogP contribution in [0.5, 0.6) is 5.88 Å². The van der Waals surface area contributed by atoms with Crippen molar-refractivity contribution < 1.29 is 23.8 Å². The van der Waals surface area contributed by atoms with Gasteiger partial charge in [-0.15, -0.1) is 0 Å². The molecular formula is C22H24FN3O4. The lowest BCUT2D eigenvalue weighted by Gasteiger charge is -2.35. The monoisotopic (exact) mass is 413 g/mol. The van der Waals surface area contributed by atoms with Crippen LogP contribution in [0.15, 0.2) is 36.4 Å². The van der Waals surface area contributed by atoms with Gasteiger partial charge in [-0.1, -0.05) is 18.2 Å². The molecule has 1 aliphatic heterocycles. The highest BCUT2D eigenvalue weighted by Crippen LogP contribution is 2.29. The van der Waals surface area contributed by atoms with E-state index >= 15 is 0 Å². The minimum Gasteiger partial charge on any atom is -0.473 e. The number of aromatic nitrogens is 1. The number of carbonyl (C=O) groups is 1. The third kappa shape index (κ3) is 5.12. The van der Waals surface area contributed by atoms with Crippen LogP contribution < -0.4 is 4.74 Å². The van der Waals surface area contributed by atoms with Crippen molar-refractivity contribution in [3.63, 3.8) is 0 Å². The zero-order valence-electron chi connectivity index (χ0n) is 16.8. The van der Waals surface area contributed by atoms with Crippen molar-refractivity contribution in [3.8, 4) is 5.88 Å². The second-order valence-corrected chi connectivity index (χ2v) is 7.11. The van der Waals surface area contributed by atoms with Gasteiger partial charge in [-0.25, -0.2) is 14.2 Å². The fourth-order valence-corrected chi connectivity index (χ4v) is 3.60. The standard InChI is InChI=1S/C22H24FN3O4/c1-24-17-7-6-16(18(23)12-17)14-30-21-5-3-4-19(25-21)15-8-10-26(11-9-15)20(13-27)22(28)29-2/h3-7,12,15,20,27H,8-11,13-14H2,2H3. The van der Waals surface area contributed by atoms with Crippen LogP contribution in [-0.4, -0.2) is 53.8 Å². The molecule has 1 aliphatic rings. The van der Waals surface area contributed by atoms with E-state index in [2.05, 4.69) is 9.83 Å². The summed E-state index contributed by atoms with van der Waals surface area (Å²) in [5.74, 6) is -0.292. The molecule has 3 rings (SSSR count). The molecule has 0 spiro atoms.